The lowest BCUT2D eigenvalue weighted by atomic mass is 10.1. The van der Waals surface area contributed by atoms with E-state index in [1.807, 2.05) is 0 Å². The molecule has 0 bridgehead atoms. The zero-order valence-corrected chi connectivity index (χ0v) is 12.0. The number of nitrogens with two attached hydrogens (primary N) is 1. The number of primary amides is 1. The maximum atomic E-state index is 12.2. The molecule has 0 saturated heterocycles. The van der Waals surface area contributed by atoms with Crippen molar-refractivity contribution in [2.24, 2.45) is 18.7 Å². The summed E-state index contributed by atoms with van der Waals surface area (Å²) in [5.74, 6) is -2.43. The summed E-state index contributed by atoms with van der Waals surface area (Å²) in [4.78, 5) is 21.9. The van der Waals surface area contributed by atoms with Crippen LogP contribution in [0.3, 0.4) is 0 Å². The van der Waals surface area contributed by atoms with Crippen molar-refractivity contribution >= 4 is 21.9 Å². The van der Waals surface area contributed by atoms with Gasteiger partial charge in [0.1, 0.15) is 10.6 Å². The van der Waals surface area contributed by atoms with Gasteiger partial charge in [0.25, 0.3) is 5.91 Å². The third-order valence-electron chi connectivity index (χ3n) is 3.25. The number of rotatable bonds is 5. The fraction of sp³-hybridized carbons (Fsp3) is 0.333. The number of carboxylic acid groups (broad SMARTS) is 1. The Hall–Kier alpha value is -2.13. The topological polar surface area (TPSA) is 131 Å². The minimum Gasteiger partial charge on any atom is -0.481 e. The molecule has 1 aromatic heterocycles. The van der Waals surface area contributed by atoms with Crippen LogP contribution < -0.4 is 10.5 Å². The first-order chi connectivity index (χ1) is 9.70. The van der Waals surface area contributed by atoms with Crippen molar-refractivity contribution in [2.45, 2.75) is 17.4 Å². The van der Waals surface area contributed by atoms with Crippen LogP contribution in [0.1, 0.15) is 16.9 Å². The molecule has 1 aliphatic rings. The van der Waals surface area contributed by atoms with Gasteiger partial charge in [0.05, 0.1) is 5.92 Å². The van der Waals surface area contributed by atoms with E-state index in [0.717, 1.165) is 0 Å². The predicted molar refractivity (Wildman–Crippen MR) is 72.9 cm³/mol. The molecule has 1 amide bonds. The summed E-state index contributed by atoms with van der Waals surface area (Å²) >= 11 is 0. The van der Waals surface area contributed by atoms with E-state index in [4.69, 9.17) is 10.8 Å². The molecule has 0 saturated carbocycles. The molecule has 9 heteroatoms. The van der Waals surface area contributed by atoms with Gasteiger partial charge in [-0.2, -0.15) is 0 Å². The first-order valence-electron chi connectivity index (χ1n) is 6.10. The molecule has 1 heterocycles. The number of hydrogen-bond acceptors (Lipinski definition) is 4. The van der Waals surface area contributed by atoms with E-state index in [-0.39, 0.29) is 17.0 Å². The molecule has 0 radical (unpaired) electrons. The highest BCUT2D eigenvalue weighted by Gasteiger charge is 2.29. The number of nitrogens with zero attached hydrogens (tertiary/aromatic N) is 1. The first kappa shape index (κ1) is 15.3. The number of aryl methyl sites for hydroxylation is 1. The molecule has 2 rings (SSSR count). The number of carbonyl (C=O) groups is 2. The highest BCUT2D eigenvalue weighted by Crippen LogP contribution is 2.21. The number of sulfonamides is 1. The Balaban J connectivity index is 2.17. The smallest absolute Gasteiger partial charge is 0.310 e. The van der Waals surface area contributed by atoms with Gasteiger partial charge in [-0.1, -0.05) is 12.2 Å². The van der Waals surface area contributed by atoms with Crippen molar-refractivity contribution in [1.29, 1.82) is 0 Å². The number of aliphatic carboxylic acids is 1. The molecule has 0 spiro atoms. The van der Waals surface area contributed by atoms with E-state index in [1.165, 1.54) is 36.0 Å². The summed E-state index contributed by atoms with van der Waals surface area (Å²) in [6.07, 6.45) is 4.39. The average molecular weight is 313 g/mol. The molecular weight excluding hydrogens is 298 g/mol. The molecule has 0 aliphatic heterocycles. The molecule has 4 N–H and O–H groups in total. The van der Waals surface area contributed by atoms with Crippen LogP contribution in [0.25, 0.3) is 0 Å². The van der Waals surface area contributed by atoms with Crippen molar-refractivity contribution in [1.82, 2.24) is 9.29 Å². The summed E-state index contributed by atoms with van der Waals surface area (Å²) in [6, 6.07) is 0.589. The Labute approximate surface area is 121 Å². The Morgan fingerprint density at radius 2 is 2.10 bits per heavy atom. The van der Waals surface area contributed by atoms with Crippen molar-refractivity contribution in [3.63, 3.8) is 0 Å². The van der Waals surface area contributed by atoms with Crippen LogP contribution in [0, 0.1) is 5.92 Å². The lowest BCUT2D eigenvalue weighted by molar-refractivity contribution is -0.140. The SMILES string of the molecule is Cn1cc(S(=O)(=O)NC2C=CC(C(=O)O)C2)cc1C(N)=O. The zero-order chi connectivity index (χ0) is 15.8. The third kappa shape index (κ3) is 3.14. The largest absolute Gasteiger partial charge is 0.481 e. The number of hydrogen-bond donors (Lipinski definition) is 3. The van der Waals surface area contributed by atoms with E-state index >= 15 is 0 Å². The fourth-order valence-corrected chi connectivity index (χ4v) is 3.44. The average Bonchev–Trinajstić information content (AvgIpc) is 2.95. The maximum Gasteiger partial charge on any atom is 0.310 e. The van der Waals surface area contributed by atoms with E-state index in [2.05, 4.69) is 4.72 Å². The summed E-state index contributed by atoms with van der Waals surface area (Å²) < 4.78 is 28.1. The monoisotopic (exact) mass is 313 g/mol. The second kappa shape index (κ2) is 5.34. The summed E-state index contributed by atoms with van der Waals surface area (Å²) in [5.41, 5.74) is 5.20. The highest BCUT2D eigenvalue weighted by molar-refractivity contribution is 7.89. The van der Waals surface area contributed by atoms with Gasteiger partial charge in [-0.3, -0.25) is 9.59 Å². The molecule has 0 fully saturated rings. The molecule has 1 aromatic rings. The van der Waals surface area contributed by atoms with Crippen molar-refractivity contribution in [2.75, 3.05) is 0 Å². The van der Waals surface area contributed by atoms with Gasteiger partial charge in [-0.15, -0.1) is 0 Å². The van der Waals surface area contributed by atoms with Crippen LogP contribution in [0.2, 0.25) is 0 Å². The quantitative estimate of drug-likeness (QED) is 0.626. The molecule has 2 unspecified atom stereocenters. The van der Waals surface area contributed by atoms with Crippen LogP contribution >= 0.6 is 0 Å². The maximum absolute atomic E-state index is 12.2. The molecule has 0 aromatic carbocycles. The predicted octanol–water partition coefficient (Wildman–Crippen LogP) is -0.568. The normalized spacial score (nSPS) is 21.6. The van der Waals surface area contributed by atoms with Gasteiger partial charge in [0.2, 0.25) is 10.0 Å². The Bertz CT molecular complexity index is 719. The van der Waals surface area contributed by atoms with Gasteiger partial charge in [-0.25, -0.2) is 13.1 Å². The van der Waals surface area contributed by atoms with Crippen molar-refractivity contribution < 1.29 is 23.1 Å². The fourth-order valence-electron chi connectivity index (χ4n) is 2.16. The molecule has 114 valence electrons. The van der Waals surface area contributed by atoms with Crippen LogP contribution in [0.4, 0.5) is 0 Å². The van der Waals surface area contributed by atoms with Crippen LogP contribution in [-0.2, 0) is 21.9 Å². The van der Waals surface area contributed by atoms with Gasteiger partial charge in [-0.05, 0) is 12.5 Å². The minimum absolute atomic E-state index is 0.0701. The second-order valence-corrected chi connectivity index (χ2v) is 6.54. The highest BCUT2D eigenvalue weighted by atomic mass is 32.2. The molecule has 8 nitrogen and oxygen atoms in total. The molecule has 2 atom stereocenters. The molecule has 21 heavy (non-hydrogen) atoms. The van der Waals surface area contributed by atoms with Crippen molar-refractivity contribution in [3.05, 3.63) is 30.1 Å². The van der Waals surface area contributed by atoms with Gasteiger partial charge in [0, 0.05) is 19.3 Å². The van der Waals surface area contributed by atoms with Crippen LogP contribution in [-0.4, -0.2) is 36.0 Å². The minimum atomic E-state index is -3.85. The molecule has 1 aliphatic carbocycles. The van der Waals surface area contributed by atoms with E-state index in [9.17, 15) is 18.0 Å². The van der Waals surface area contributed by atoms with E-state index in [1.54, 1.807) is 0 Å². The Morgan fingerprint density at radius 1 is 1.43 bits per heavy atom. The number of carboxylic acids is 1. The number of aromatic nitrogens is 1. The standard InChI is InChI=1S/C12H15N3O5S/c1-15-6-9(5-10(15)11(13)16)21(19,20)14-8-3-2-7(4-8)12(17)18/h2-3,5-8,14H,4H2,1H3,(H2,13,16)(H,17,18). The number of carbonyl (C=O) groups excluding carboxylic acids is 1. The van der Waals surface area contributed by atoms with E-state index < -0.39 is 33.9 Å². The summed E-state index contributed by atoms with van der Waals surface area (Å²) in [5, 5.41) is 8.86. The Morgan fingerprint density at radius 3 is 2.57 bits per heavy atom. The lowest BCUT2D eigenvalue weighted by Crippen LogP contribution is -2.33. The van der Waals surface area contributed by atoms with Gasteiger partial charge < -0.3 is 15.4 Å². The zero-order valence-electron chi connectivity index (χ0n) is 11.2. The number of nitrogens with one attached hydrogen (secondary N) is 1. The van der Waals surface area contributed by atoms with Gasteiger partial charge >= 0.3 is 5.97 Å². The summed E-state index contributed by atoms with van der Waals surface area (Å²) in [7, 11) is -2.34. The van der Waals surface area contributed by atoms with Crippen LogP contribution in [0.15, 0.2) is 29.3 Å². The van der Waals surface area contributed by atoms with Gasteiger partial charge in [0.15, 0.2) is 0 Å². The lowest BCUT2D eigenvalue weighted by Gasteiger charge is -2.11. The first-order valence-corrected chi connectivity index (χ1v) is 7.58. The molecular formula is C12H15N3O5S. The van der Waals surface area contributed by atoms with Crippen LogP contribution in [0.5, 0.6) is 0 Å². The second-order valence-electron chi connectivity index (χ2n) is 4.83. The number of amides is 1. The summed E-state index contributed by atoms with van der Waals surface area (Å²) in [6.45, 7) is 0. The van der Waals surface area contributed by atoms with Crippen molar-refractivity contribution in [3.8, 4) is 0 Å². The Kier molecular flexibility index (Phi) is 3.88. The van der Waals surface area contributed by atoms with E-state index in [0.29, 0.717) is 0 Å². The third-order valence-corrected chi connectivity index (χ3v) is 4.71.